The molecule has 1 aliphatic heterocycles. The van der Waals surface area contributed by atoms with Gasteiger partial charge in [0.1, 0.15) is 22.8 Å². The van der Waals surface area contributed by atoms with Crippen LogP contribution in [-0.2, 0) is 9.53 Å². The van der Waals surface area contributed by atoms with Gasteiger partial charge in [-0.15, -0.1) is 0 Å². The van der Waals surface area contributed by atoms with Gasteiger partial charge in [0.15, 0.2) is 5.65 Å². The molecule has 5 rings (SSSR count). The van der Waals surface area contributed by atoms with Crippen LogP contribution >= 0.6 is 0 Å². The summed E-state index contributed by atoms with van der Waals surface area (Å²) < 4.78 is 36.2. The summed E-state index contributed by atoms with van der Waals surface area (Å²) in [5, 5.41) is 6.06. The van der Waals surface area contributed by atoms with E-state index in [0.29, 0.717) is 49.4 Å². The zero-order valence-electron chi connectivity index (χ0n) is 20.5. The van der Waals surface area contributed by atoms with Crippen molar-refractivity contribution in [2.45, 2.75) is 51.6 Å². The molecule has 3 heterocycles. The number of morpholine rings is 1. The number of carbonyl (C=O) groups excluding carboxylic acids is 1. The van der Waals surface area contributed by atoms with Gasteiger partial charge in [0, 0.05) is 31.1 Å². The van der Waals surface area contributed by atoms with Gasteiger partial charge in [0.2, 0.25) is 17.8 Å². The van der Waals surface area contributed by atoms with Crippen LogP contribution in [0.4, 0.5) is 26.4 Å². The second-order valence-corrected chi connectivity index (χ2v) is 9.67. The van der Waals surface area contributed by atoms with E-state index in [2.05, 4.69) is 25.6 Å². The van der Waals surface area contributed by atoms with Crippen LogP contribution in [-0.4, -0.2) is 62.7 Å². The number of nitrogens with zero attached hydrogens (tertiary/aromatic N) is 5. The third kappa shape index (κ3) is 4.97. The van der Waals surface area contributed by atoms with Gasteiger partial charge >= 0.3 is 0 Å². The van der Waals surface area contributed by atoms with E-state index < -0.39 is 11.6 Å². The first-order valence-electron chi connectivity index (χ1n) is 12.5. The van der Waals surface area contributed by atoms with Crippen LogP contribution < -0.4 is 10.6 Å². The van der Waals surface area contributed by atoms with Crippen molar-refractivity contribution < 1.29 is 18.3 Å². The van der Waals surface area contributed by atoms with Crippen molar-refractivity contribution in [3.8, 4) is 0 Å². The number of para-hydroxylation sites is 1. The first kappa shape index (κ1) is 24.4. The van der Waals surface area contributed by atoms with Gasteiger partial charge in [-0.3, -0.25) is 9.36 Å². The molecule has 0 radical (unpaired) electrons. The molecule has 192 valence electrons. The molecule has 1 saturated carbocycles. The summed E-state index contributed by atoms with van der Waals surface area (Å²) in [4.78, 5) is 28.5. The predicted molar refractivity (Wildman–Crippen MR) is 132 cm³/mol. The highest BCUT2D eigenvalue weighted by Crippen LogP contribution is 2.38. The maximum Gasteiger partial charge on any atom is 0.225 e. The number of hydrogen-bond donors (Lipinski definition) is 2. The number of fused-ring (bicyclic) bond motifs is 1. The van der Waals surface area contributed by atoms with Gasteiger partial charge in [-0.25, -0.2) is 18.7 Å². The quantitative estimate of drug-likeness (QED) is 0.523. The van der Waals surface area contributed by atoms with E-state index in [1.165, 1.54) is 18.2 Å². The third-order valence-electron chi connectivity index (χ3n) is 6.78. The highest BCUT2D eigenvalue weighted by Gasteiger charge is 2.33. The minimum absolute atomic E-state index is 0.0390. The van der Waals surface area contributed by atoms with Crippen LogP contribution in [0.3, 0.4) is 0 Å². The van der Waals surface area contributed by atoms with Crippen molar-refractivity contribution in [2.75, 3.05) is 36.9 Å². The van der Waals surface area contributed by atoms with Crippen LogP contribution in [0, 0.1) is 17.6 Å². The SMILES string of the molecule is CC(C)Nc1ncc2nc(Nc3c(F)cccc3F)n(C3CCC(C(=O)N4CCOCC4)CC3)c2n1. The van der Waals surface area contributed by atoms with Crippen molar-refractivity contribution in [3.63, 3.8) is 0 Å². The number of hydrogen-bond acceptors (Lipinski definition) is 7. The minimum Gasteiger partial charge on any atom is -0.378 e. The lowest BCUT2D eigenvalue weighted by molar-refractivity contribution is -0.140. The van der Waals surface area contributed by atoms with E-state index in [9.17, 15) is 13.6 Å². The molecule has 11 heteroatoms. The Hall–Kier alpha value is -3.34. The smallest absolute Gasteiger partial charge is 0.225 e. The monoisotopic (exact) mass is 499 g/mol. The third-order valence-corrected chi connectivity index (χ3v) is 6.78. The van der Waals surface area contributed by atoms with E-state index in [1.54, 1.807) is 6.20 Å². The number of amides is 1. The molecular weight excluding hydrogens is 468 g/mol. The number of imidazole rings is 1. The lowest BCUT2D eigenvalue weighted by atomic mass is 9.85. The first-order valence-corrected chi connectivity index (χ1v) is 12.5. The Morgan fingerprint density at radius 3 is 2.44 bits per heavy atom. The van der Waals surface area contributed by atoms with E-state index in [4.69, 9.17) is 4.74 Å². The van der Waals surface area contributed by atoms with Crippen molar-refractivity contribution in [1.82, 2.24) is 24.4 Å². The summed E-state index contributed by atoms with van der Waals surface area (Å²) >= 11 is 0. The lowest BCUT2D eigenvalue weighted by Crippen LogP contribution is -2.44. The molecular formula is C25H31F2N7O2. The highest BCUT2D eigenvalue weighted by atomic mass is 19.1. The maximum atomic E-state index is 14.5. The van der Waals surface area contributed by atoms with Crippen molar-refractivity contribution in [2.24, 2.45) is 5.92 Å². The largest absolute Gasteiger partial charge is 0.378 e. The Labute approximate surface area is 208 Å². The number of halogens is 2. The standard InChI is InChI=1S/C25H31F2N7O2/c1-15(2)29-24-28-14-20-22(32-24)34(25(30-20)31-21-18(26)4-3-5-19(21)27)17-8-6-16(7-9-17)23(35)33-10-12-36-13-11-33/h3-5,14-17H,6-13H2,1-2H3,(H,30,31)(H,28,29,32). The molecule has 2 aliphatic rings. The molecule has 1 aliphatic carbocycles. The van der Waals surface area contributed by atoms with Gasteiger partial charge in [-0.05, 0) is 51.7 Å². The van der Waals surface area contributed by atoms with Gasteiger partial charge < -0.3 is 20.3 Å². The average Bonchev–Trinajstić information content (AvgIpc) is 3.23. The van der Waals surface area contributed by atoms with E-state index in [-0.39, 0.29) is 29.6 Å². The minimum atomic E-state index is -0.707. The molecule has 1 amide bonds. The summed E-state index contributed by atoms with van der Waals surface area (Å²) in [7, 11) is 0. The van der Waals surface area contributed by atoms with Crippen LogP contribution in [0.15, 0.2) is 24.4 Å². The number of aromatic nitrogens is 4. The topological polar surface area (TPSA) is 97.2 Å². The Kier molecular flexibility index (Phi) is 6.99. The lowest BCUT2D eigenvalue weighted by Gasteiger charge is -2.34. The Bertz CT molecular complexity index is 1210. The van der Waals surface area contributed by atoms with Crippen LogP contribution in [0.5, 0.6) is 0 Å². The molecule has 3 aromatic rings. The van der Waals surface area contributed by atoms with E-state index in [0.717, 1.165) is 25.7 Å². The number of benzene rings is 1. The van der Waals surface area contributed by atoms with Crippen LogP contribution in [0.1, 0.15) is 45.6 Å². The number of ether oxygens (including phenoxy) is 1. The van der Waals surface area contributed by atoms with Gasteiger partial charge in [0.25, 0.3) is 0 Å². The zero-order chi connectivity index (χ0) is 25.2. The van der Waals surface area contributed by atoms with Gasteiger partial charge in [0.05, 0.1) is 19.4 Å². The van der Waals surface area contributed by atoms with Crippen LogP contribution in [0.2, 0.25) is 0 Å². The average molecular weight is 500 g/mol. The Morgan fingerprint density at radius 1 is 1.08 bits per heavy atom. The fourth-order valence-corrected chi connectivity index (χ4v) is 5.00. The summed E-state index contributed by atoms with van der Waals surface area (Å²) in [6.07, 6.45) is 4.49. The summed E-state index contributed by atoms with van der Waals surface area (Å²) in [5.41, 5.74) is 0.837. The molecule has 9 nitrogen and oxygen atoms in total. The van der Waals surface area contributed by atoms with Crippen molar-refractivity contribution in [3.05, 3.63) is 36.0 Å². The molecule has 0 unspecified atom stereocenters. The van der Waals surface area contributed by atoms with Gasteiger partial charge in [-0.1, -0.05) is 6.07 Å². The normalized spacial score (nSPS) is 20.6. The van der Waals surface area contributed by atoms with Crippen molar-refractivity contribution in [1.29, 1.82) is 0 Å². The molecule has 2 N–H and O–H groups in total. The second kappa shape index (κ2) is 10.3. The summed E-state index contributed by atoms with van der Waals surface area (Å²) in [6.45, 7) is 6.41. The predicted octanol–water partition coefficient (Wildman–Crippen LogP) is 4.26. The Balaban J connectivity index is 1.45. The number of anilines is 3. The first-order chi connectivity index (χ1) is 17.4. The molecule has 1 saturated heterocycles. The molecule has 36 heavy (non-hydrogen) atoms. The van der Waals surface area contributed by atoms with Crippen molar-refractivity contribution >= 4 is 34.7 Å². The summed E-state index contributed by atoms with van der Waals surface area (Å²) in [5.74, 6) is -0.512. The Morgan fingerprint density at radius 2 is 1.78 bits per heavy atom. The molecule has 0 spiro atoms. The van der Waals surface area contributed by atoms with Crippen LogP contribution in [0.25, 0.3) is 11.2 Å². The molecule has 1 aromatic carbocycles. The summed E-state index contributed by atoms with van der Waals surface area (Å²) in [6, 6.07) is 3.81. The van der Waals surface area contributed by atoms with Gasteiger partial charge in [-0.2, -0.15) is 4.98 Å². The zero-order valence-corrected chi connectivity index (χ0v) is 20.5. The number of carbonyl (C=O) groups is 1. The van der Waals surface area contributed by atoms with E-state index >= 15 is 0 Å². The fraction of sp³-hybridized carbons (Fsp3) is 0.520. The maximum absolute atomic E-state index is 14.5. The molecule has 2 aromatic heterocycles. The highest BCUT2D eigenvalue weighted by molar-refractivity contribution is 5.79. The second-order valence-electron chi connectivity index (χ2n) is 9.67. The number of rotatable bonds is 6. The molecule has 0 bridgehead atoms. The molecule has 2 fully saturated rings. The molecule has 0 atom stereocenters. The van der Waals surface area contributed by atoms with E-state index in [1.807, 2.05) is 23.3 Å². The fourth-order valence-electron chi connectivity index (χ4n) is 5.00. The number of nitrogens with one attached hydrogen (secondary N) is 2.